The Morgan fingerprint density at radius 1 is 0.544 bits per heavy atom. The molecule has 0 saturated heterocycles. The van der Waals surface area contributed by atoms with Gasteiger partial charge in [0.25, 0.3) is 0 Å². The van der Waals surface area contributed by atoms with Crippen molar-refractivity contribution in [1.82, 2.24) is 19.9 Å². The molecule has 0 unspecified atom stereocenters. The molecule has 8 heterocycles. The van der Waals surface area contributed by atoms with Crippen LogP contribution in [0.4, 0.5) is 0 Å². The van der Waals surface area contributed by atoms with E-state index in [4.69, 9.17) is 14.3 Å². The summed E-state index contributed by atoms with van der Waals surface area (Å²) in [4.78, 5) is 103. The van der Waals surface area contributed by atoms with Gasteiger partial charge in [-0.05, 0) is 136 Å². The Morgan fingerprint density at radius 2 is 0.911 bits per heavy atom. The summed E-state index contributed by atoms with van der Waals surface area (Å²) in [6.07, 6.45) is 22.5. The molecule has 0 spiro atoms. The fourth-order valence-electron chi connectivity index (χ4n) is 10.9. The zero-order valence-corrected chi connectivity index (χ0v) is 56.4. The molecule has 4 aliphatic rings. The molecule has 6 aromatic rings. The molecule has 0 radical (unpaired) electrons. The number of aryl methyl sites for hydroxylation is 2. The normalized spacial score (nSPS) is 18.3. The van der Waals surface area contributed by atoms with E-state index in [0.29, 0.717) is 47.8 Å². The molecule has 0 aliphatic carbocycles. The smallest absolute Gasteiger partial charge is 0.373 e. The van der Waals surface area contributed by atoms with Crippen LogP contribution in [0.3, 0.4) is 0 Å². The van der Waals surface area contributed by atoms with Gasteiger partial charge in [-0.25, -0.2) is 4.79 Å². The van der Waals surface area contributed by atoms with Crippen molar-refractivity contribution in [3.63, 3.8) is 0 Å². The second kappa shape index (κ2) is 29.7. The monoisotopic (exact) mass is 1280 g/mol. The predicted molar refractivity (Wildman–Crippen MR) is 364 cm³/mol. The van der Waals surface area contributed by atoms with E-state index in [2.05, 4.69) is 199 Å². The third-order valence-corrected chi connectivity index (χ3v) is 16.6. The summed E-state index contributed by atoms with van der Waals surface area (Å²) in [5, 5.41) is 0. The number of hydrogen-bond acceptors (Lipinski definition) is 12. The van der Waals surface area contributed by atoms with E-state index in [9.17, 15) is 24.0 Å². The van der Waals surface area contributed by atoms with Crippen molar-refractivity contribution in [2.24, 2.45) is 41.6 Å². The molecule has 90 heavy (non-hydrogen) atoms. The molecule has 17 heteroatoms. The molecule has 0 saturated carbocycles. The third-order valence-electron chi connectivity index (χ3n) is 16.1. The van der Waals surface area contributed by atoms with E-state index >= 15 is 0 Å². The second-order valence-corrected chi connectivity index (χ2v) is 27.3. The number of halogens is 1. The van der Waals surface area contributed by atoms with Gasteiger partial charge < -0.3 is 24.7 Å². The lowest BCUT2D eigenvalue weighted by Gasteiger charge is -2.19. The maximum absolute atomic E-state index is 12.4. The number of H-pyrrole nitrogens is 4. The number of aldehydes is 4. The van der Waals surface area contributed by atoms with Crippen LogP contribution in [0, 0.1) is 42.4 Å². The maximum atomic E-state index is 12.4. The summed E-state index contributed by atoms with van der Waals surface area (Å²) >= 11 is 3.46. The van der Waals surface area contributed by atoms with E-state index in [0.717, 1.165) is 122 Å². The number of carbonyl (C=O) groups excluding carboxylic acids is 7. The third kappa shape index (κ3) is 17.8. The van der Waals surface area contributed by atoms with Gasteiger partial charge in [0.05, 0.1) is 22.8 Å². The minimum Gasteiger partial charge on any atom is -0.455 e. The molecule has 4 N–H and O–H groups in total. The Morgan fingerprint density at radius 3 is 1.26 bits per heavy atom. The van der Waals surface area contributed by atoms with Crippen LogP contribution in [0.25, 0.3) is 46.6 Å². The topological polar surface area (TPSA) is 241 Å². The van der Waals surface area contributed by atoms with Crippen LogP contribution >= 0.6 is 15.9 Å². The number of esters is 1. The molecular formula is C73H85BrN8O8. The van der Waals surface area contributed by atoms with Gasteiger partial charge in [-0.3, -0.25) is 39.1 Å². The lowest BCUT2D eigenvalue weighted by molar-refractivity contribution is -0.191. The van der Waals surface area contributed by atoms with Gasteiger partial charge in [0.2, 0.25) is 0 Å². The molecule has 16 nitrogen and oxygen atoms in total. The summed E-state index contributed by atoms with van der Waals surface area (Å²) in [7, 11) is 0. The number of rotatable bonds is 13. The number of aromatic amines is 4. The standard InChI is InChI=1S/C19H26N2O3.C19H20N2O.C18H17BrN2O.C16H22N2O.CO2/c1-11-12(2)16(17(23)24-18(3,4)5)21-14(11)8-15-19(6,7)9-13(10-22)20-15;1-13-4-6-14(7-5-13)16-8-9-20-17(16)10-18-19(2,3)11-15(12-22)21-18;1-18(2)10-14(11-22)21-17(18)9-16-15(7-8-20-16)12-3-5-13(19)6-4-12;1-5-11-9-17-14(13(11)6-2)7-15-16(3,4)8-12(10-19)18-15;2-1-3/h8,10,21H,9H2,1-7H3;4-10,12,20H,11H2,1-3H3;3-9,11,20H,10H2,1-2H3;7,9-10,17H,5-6,8H2,1-4H3;/b15-8-;18-10-;17-9-;15-7-;. The number of hydrogen-bond donors (Lipinski definition) is 4. The van der Waals surface area contributed by atoms with Crippen LogP contribution in [-0.4, -0.2) is 85.6 Å². The van der Waals surface area contributed by atoms with Crippen molar-refractivity contribution in [1.29, 1.82) is 0 Å². The van der Waals surface area contributed by atoms with Crippen LogP contribution in [0.5, 0.6) is 0 Å². The lowest BCUT2D eigenvalue weighted by Crippen LogP contribution is -2.24. The van der Waals surface area contributed by atoms with Gasteiger partial charge in [-0.1, -0.05) is 127 Å². The van der Waals surface area contributed by atoms with Crippen LogP contribution in [-0.2, 0) is 46.3 Å². The van der Waals surface area contributed by atoms with Crippen molar-refractivity contribution in [2.45, 2.75) is 155 Å². The SMILES string of the molecule is CC1(C)CC(C=O)=N/C1=C\c1[nH]ccc1-c1ccc(Br)cc1.CCc1c[nH]c(/C=C2\N=C(C=O)CC2(C)C)c1CC.Cc1c(/C=C2\N=C(C=O)CC2(C)C)[nH]c(C(=O)OC(C)(C)C)c1C.Cc1ccc(-c2cc[nH]c2/C=C2\N=C(C=O)CC2(C)C)cc1.O=C=O. The van der Waals surface area contributed by atoms with Crippen LogP contribution in [0.2, 0.25) is 0 Å². The van der Waals surface area contributed by atoms with Crippen molar-refractivity contribution in [2.75, 3.05) is 0 Å². The minimum atomic E-state index is -0.544. The minimum absolute atomic E-state index is 0.0568. The summed E-state index contributed by atoms with van der Waals surface area (Å²) in [5.74, 6) is -0.365. The van der Waals surface area contributed by atoms with Crippen molar-refractivity contribution in [3.8, 4) is 22.3 Å². The average Bonchev–Trinajstić information content (AvgIpc) is 2.38. The van der Waals surface area contributed by atoms with Gasteiger partial charge in [0.15, 0.2) is 25.1 Å². The molecule has 4 aliphatic heterocycles. The molecule has 10 rings (SSSR count). The summed E-state index contributed by atoms with van der Waals surface area (Å²) < 4.78 is 6.51. The highest BCUT2D eigenvalue weighted by atomic mass is 79.9. The largest absolute Gasteiger partial charge is 0.455 e. The predicted octanol–water partition coefficient (Wildman–Crippen LogP) is 16.2. The molecule has 0 bridgehead atoms. The molecular weight excluding hydrogens is 1200 g/mol. The van der Waals surface area contributed by atoms with Crippen LogP contribution in [0.15, 0.2) is 126 Å². The molecule has 472 valence electrons. The highest BCUT2D eigenvalue weighted by Gasteiger charge is 2.35. The highest BCUT2D eigenvalue weighted by Crippen LogP contribution is 2.43. The van der Waals surface area contributed by atoms with Gasteiger partial charge >= 0.3 is 12.1 Å². The van der Waals surface area contributed by atoms with Gasteiger partial charge in [-0.2, -0.15) is 9.59 Å². The lowest BCUT2D eigenvalue weighted by atomic mass is 9.86. The van der Waals surface area contributed by atoms with Gasteiger partial charge in [0.1, 0.15) is 11.3 Å². The van der Waals surface area contributed by atoms with Gasteiger partial charge in [0, 0.05) is 127 Å². The molecule has 4 aromatic heterocycles. The Balaban J connectivity index is 0.000000189. The van der Waals surface area contributed by atoms with E-state index < -0.39 is 5.60 Å². The Hall–Kier alpha value is -8.79. The number of ether oxygens (including phenoxy) is 1. The summed E-state index contributed by atoms with van der Waals surface area (Å²) in [6.45, 7) is 32.6. The Kier molecular flexibility index (Phi) is 23.2. The number of aromatic nitrogens is 4. The Labute approximate surface area is 537 Å². The first-order valence-electron chi connectivity index (χ1n) is 30.1. The molecule has 0 amide bonds. The van der Waals surface area contributed by atoms with Gasteiger partial charge in [-0.15, -0.1) is 0 Å². The summed E-state index contributed by atoms with van der Waals surface area (Å²) in [5.41, 5.74) is 20.0. The van der Waals surface area contributed by atoms with Crippen molar-refractivity contribution in [3.05, 3.63) is 163 Å². The van der Waals surface area contributed by atoms with Crippen LogP contribution in [0.1, 0.15) is 177 Å². The average molecular weight is 1280 g/mol. The molecule has 2 aromatic carbocycles. The Bertz CT molecular complexity index is 3790. The van der Waals surface area contributed by atoms with E-state index in [-0.39, 0.29) is 33.8 Å². The molecule has 0 atom stereocenters. The second-order valence-electron chi connectivity index (χ2n) is 26.4. The first-order chi connectivity index (χ1) is 42.4. The van der Waals surface area contributed by atoms with E-state index in [1.807, 2.05) is 71.3 Å². The fraction of sp³-hybridized carbons (Fsp3) is 0.370. The fourth-order valence-corrected chi connectivity index (χ4v) is 11.2. The van der Waals surface area contributed by atoms with Crippen LogP contribution < -0.4 is 0 Å². The van der Waals surface area contributed by atoms with Crippen molar-refractivity contribution < 1.29 is 38.3 Å². The highest BCUT2D eigenvalue weighted by molar-refractivity contribution is 9.10. The number of aliphatic imine (C=N–C) groups is 4. The number of carbonyl (C=O) groups is 5. The number of nitrogens with one attached hydrogen (secondary N) is 4. The zero-order chi connectivity index (χ0) is 66.5. The van der Waals surface area contributed by atoms with E-state index in [1.54, 1.807) is 0 Å². The quantitative estimate of drug-likeness (QED) is 0.0639. The van der Waals surface area contributed by atoms with Crippen molar-refractivity contribution >= 4 is 100 Å². The first-order valence-corrected chi connectivity index (χ1v) is 30.9. The first kappa shape index (κ1) is 70.3. The zero-order valence-electron chi connectivity index (χ0n) is 54.8. The molecule has 0 fully saturated rings. The van der Waals surface area contributed by atoms with E-state index in [1.165, 1.54) is 22.3 Å². The number of allylic oxidation sites excluding steroid dienone is 4. The number of nitrogens with zero attached hydrogens (tertiary/aromatic N) is 4. The number of benzene rings is 2. The maximum Gasteiger partial charge on any atom is 0.373 e. The summed E-state index contributed by atoms with van der Waals surface area (Å²) in [6, 6.07) is 20.8.